The van der Waals surface area contributed by atoms with E-state index >= 15 is 0 Å². The van der Waals surface area contributed by atoms with Crippen LogP contribution in [0.5, 0.6) is 0 Å². The second-order valence-corrected chi connectivity index (χ2v) is 6.90. The SMILES string of the molecule is Cc1ccc(N2CC(C(=O)NCc3ccccc3)CC2=O)cc1Br. The van der Waals surface area contributed by atoms with Crippen LogP contribution in [-0.4, -0.2) is 18.4 Å². The molecule has 1 saturated heterocycles. The first kappa shape index (κ1) is 16.7. The van der Waals surface area contributed by atoms with Crippen LogP contribution in [0.15, 0.2) is 53.0 Å². The molecule has 3 rings (SSSR count). The molecule has 1 unspecified atom stereocenters. The summed E-state index contributed by atoms with van der Waals surface area (Å²) >= 11 is 3.49. The van der Waals surface area contributed by atoms with Crippen molar-refractivity contribution in [1.29, 1.82) is 0 Å². The van der Waals surface area contributed by atoms with Crippen LogP contribution in [0.3, 0.4) is 0 Å². The van der Waals surface area contributed by atoms with Gasteiger partial charge in [0.05, 0.1) is 5.92 Å². The number of rotatable bonds is 4. The van der Waals surface area contributed by atoms with E-state index in [1.165, 1.54) is 0 Å². The molecule has 2 aromatic rings. The Morgan fingerprint density at radius 2 is 2.00 bits per heavy atom. The van der Waals surface area contributed by atoms with Gasteiger partial charge in [0.2, 0.25) is 11.8 Å². The van der Waals surface area contributed by atoms with Crippen LogP contribution in [0.1, 0.15) is 17.5 Å². The summed E-state index contributed by atoms with van der Waals surface area (Å²) in [5.74, 6) is -0.382. The Morgan fingerprint density at radius 1 is 1.25 bits per heavy atom. The topological polar surface area (TPSA) is 49.4 Å². The first-order chi connectivity index (χ1) is 11.5. The lowest BCUT2D eigenvalue weighted by Crippen LogP contribution is -2.32. The molecular weight excluding hydrogens is 368 g/mol. The lowest BCUT2D eigenvalue weighted by molar-refractivity contribution is -0.126. The molecule has 0 radical (unpaired) electrons. The monoisotopic (exact) mass is 386 g/mol. The molecule has 0 aliphatic carbocycles. The highest BCUT2D eigenvalue weighted by atomic mass is 79.9. The van der Waals surface area contributed by atoms with Gasteiger partial charge in [-0.3, -0.25) is 9.59 Å². The zero-order valence-electron chi connectivity index (χ0n) is 13.5. The predicted molar refractivity (Wildman–Crippen MR) is 97.6 cm³/mol. The number of carbonyl (C=O) groups is 2. The first-order valence-electron chi connectivity index (χ1n) is 7.93. The summed E-state index contributed by atoms with van der Waals surface area (Å²) in [4.78, 5) is 26.3. The van der Waals surface area contributed by atoms with Gasteiger partial charge in [-0.1, -0.05) is 52.3 Å². The summed E-state index contributed by atoms with van der Waals surface area (Å²) in [6.07, 6.45) is 0.256. The van der Waals surface area contributed by atoms with Gasteiger partial charge in [-0.05, 0) is 30.2 Å². The highest BCUT2D eigenvalue weighted by molar-refractivity contribution is 9.10. The largest absolute Gasteiger partial charge is 0.352 e. The highest BCUT2D eigenvalue weighted by Crippen LogP contribution is 2.29. The van der Waals surface area contributed by atoms with Crippen LogP contribution >= 0.6 is 15.9 Å². The maximum absolute atomic E-state index is 12.4. The van der Waals surface area contributed by atoms with Gasteiger partial charge in [0.15, 0.2) is 0 Å². The smallest absolute Gasteiger partial charge is 0.227 e. The quantitative estimate of drug-likeness (QED) is 0.874. The number of nitrogens with zero attached hydrogens (tertiary/aromatic N) is 1. The van der Waals surface area contributed by atoms with Gasteiger partial charge in [0.25, 0.3) is 0 Å². The Bertz CT molecular complexity index is 761. The Hall–Kier alpha value is -2.14. The van der Waals surface area contributed by atoms with Crippen LogP contribution < -0.4 is 10.2 Å². The van der Waals surface area contributed by atoms with Crippen molar-refractivity contribution in [2.45, 2.75) is 19.9 Å². The van der Waals surface area contributed by atoms with Gasteiger partial charge in [0, 0.05) is 29.7 Å². The summed E-state index contributed by atoms with van der Waals surface area (Å²) in [5.41, 5.74) is 2.99. The average Bonchev–Trinajstić information content (AvgIpc) is 2.98. The molecule has 124 valence electrons. The zero-order valence-corrected chi connectivity index (χ0v) is 15.0. The van der Waals surface area contributed by atoms with E-state index < -0.39 is 0 Å². The molecule has 0 saturated carbocycles. The average molecular weight is 387 g/mol. The summed E-state index contributed by atoms with van der Waals surface area (Å²) in [6, 6.07) is 15.6. The van der Waals surface area contributed by atoms with E-state index in [4.69, 9.17) is 0 Å². The van der Waals surface area contributed by atoms with Crippen molar-refractivity contribution in [2.75, 3.05) is 11.4 Å². The lowest BCUT2D eigenvalue weighted by atomic mass is 10.1. The Kier molecular flexibility index (Phi) is 5.00. The number of halogens is 1. The minimum Gasteiger partial charge on any atom is -0.352 e. The second-order valence-electron chi connectivity index (χ2n) is 6.04. The standard InChI is InChI=1S/C19H19BrN2O2/c1-13-7-8-16(10-17(13)20)22-12-15(9-18(22)23)19(24)21-11-14-5-3-2-4-6-14/h2-8,10,15H,9,11-12H2,1H3,(H,21,24). The lowest BCUT2D eigenvalue weighted by Gasteiger charge is -2.17. The third-order valence-electron chi connectivity index (χ3n) is 4.27. The molecule has 2 amide bonds. The van der Waals surface area contributed by atoms with E-state index in [9.17, 15) is 9.59 Å². The van der Waals surface area contributed by atoms with E-state index in [0.29, 0.717) is 13.1 Å². The van der Waals surface area contributed by atoms with Crippen molar-refractivity contribution < 1.29 is 9.59 Å². The van der Waals surface area contributed by atoms with E-state index in [0.717, 1.165) is 21.3 Å². The number of nitrogens with one attached hydrogen (secondary N) is 1. The molecule has 1 heterocycles. The zero-order chi connectivity index (χ0) is 17.1. The molecule has 1 aliphatic heterocycles. The summed E-state index contributed by atoms with van der Waals surface area (Å²) < 4.78 is 0.963. The fourth-order valence-electron chi connectivity index (χ4n) is 2.81. The van der Waals surface area contributed by atoms with Crippen molar-refractivity contribution in [3.63, 3.8) is 0 Å². The highest BCUT2D eigenvalue weighted by Gasteiger charge is 2.35. The predicted octanol–water partition coefficient (Wildman–Crippen LogP) is 3.43. The Morgan fingerprint density at radius 3 is 2.71 bits per heavy atom. The molecule has 2 aromatic carbocycles. The maximum atomic E-state index is 12.4. The van der Waals surface area contributed by atoms with E-state index in [1.807, 2.05) is 55.5 Å². The molecule has 1 aliphatic rings. The molecular formula is C19H19BrN2O2. The van der Waals surface area contributed by atoms with E-state index in [2.05, 4.69) is 21.2 Å². The van der Waals surface area contributed by atoms with Crippen LogP contribution in [0.25, 0.3) is 0 Å². The Labute approximate surface area is 150 Å². The number of hydrogen-bond donors (Lipinski definition) is 1. The second kappa shape index (κ2) is 7.18. The number of amides is 2. The molecule has 1 atom stereocenters. The summed E-state index contributed by atoms with van der Waals surface area (Å²) in [7, 11) is 0. The third-order valence-corrected chi connectivity index (χ3v) is 5.13. The number of carbonyl (C=O) groups excluding carboxylic acids is 2. The van der Waals surface area contributed by atoms with Crippen molar-refractivity contribution in [3.05, 3.63) is 64.1 Å². The van der Waals surface area contributed by atoms with E-state index in [-0.39, 0.29) is 24.2 Å². The van der Waals surface area contributed by atoms with Gasteiger partial charge in [-0.15, -0.1) is 0 Å². The van der Waals surface area contributed by atoms with Gasteiger partial charge in [-0.2, -0.15) is 0 Å². The van der Waals surface area contributed by atoms with Gasteiger partial charge in [-0.25, -0.2) is 0 Å². The molecule has 0 bridgehead atoms. The third kappa shape index (κ3) is 3.67. The molecule has 5 heteroatoms. The molecule has 24 heavy (non-hydrogen) atoms. The molecule has 1 N–H and O–H groups in total. The van der Waals surface area contributed by atoms with Crippen LogP contribution in [0, 0.1) is 12.8 Å². The van der Waals surface area contributed by atoms with Crippen LogP contribution in [0.4, 0.5) is 5.69 Å². The fraction of sp³-hybridized carbons (Fsp3) is 0.263. The fourth-order valence-corrected chi connectivity index (χ4v) is 3.18. The minimum atomic E-state index is -0.304. The van der Waals surface area contributed by atoms with Crippen LogP contribution in [-0.2, 0) is 16.1 Å². The number of hydrogen-bond acceptors (Lipinski definition) is 2. The minimum absolute atomic E-state index is 0.00869. The molecule has 0 aromatic heterocycles. The normalized spacial score (nSPS) is 17.2. The van der Waals surface area contributed by atoms with Gasteiger partial charge < -0.3 is 10.2 Å². The van der Waals surface area contributed by atoms with Crippen molar-refractivity contribution in [2.24, 2.45) is 5.92 Å². The van der Waals surface area contributed by atoms with Crippen molar-refractivity contribution in [3.8, 4) is 0 Å². The maximum Gasteiger partial charge on any atom is 0.227 e. The Balaban J connectivity index is 1.63. The summed E-state index contributed by atoms with van der Waals surface area (Å²) in [5, 5.41) is 2.93. The van der Waals surface area contributed by atoms with Crippen molar-refractivity contribution >= 4 is 33.4 Å². The first-order valence-corrected chi connectivity index (χ1v) is 8.72. The van der Waals surface area contributed by atoms with Gasteiger partial charge >= 0.3 is 0 Å². The number of anilines is 1. The number of benzene rings is 2. The van der Waals surface area contributed by atoms with Crippen LogP contribution in [0.2, 0.25) is 0 Å². The molecule has 0 spiro atoms. The summed E-state index contributed by atoms with van der Waals surface area (Å²) in [6.45, 7) is 2.91. The number of aryl methyl sites for hydroxylation is 1. The van der Waals surface area contributed by atoms with Crippen molar-refractivity contribution in [1.82, 2.24) is 5.32 Å². The van der Waals surface area contributed by atoms with Gasteiger partial charge in [0.1, 0.15) is 0 Å². The molecule has 4 nitrogen and oxygen atoms in total. The molecule has 1 fully saturated rings. The van der Waals surface area contributed by atoms with E-state index in [1.54, 1.807) is 4.90 Å².